The third kappa shape index (κ3) is 10.3. The molecular formula is C31H35BrN4O7. The Morgan fingerprint density at radius 1 is 0.860 bits per heavy atom. The van der Waals surface area contributed by atoms with Crippen LogP contribution in [0.15, 0.2) is 65.1 Å². The van der Waals surface area contributed by atoms with E-state index in [4.69, 9.17) is 14.6 Å². The highest BCUT2D eigenvalue weighted by Gasteiger charge is 2.17. The van der Waals surface area contributed by atoms with E-state index in [-0.39, 0.29) is 38.4 Å². The van der Waals surface area contributed by atoms with E-state index in [0.29, 0.717) is 34.9 Å². The zero-order valence-corrected chi connectivity index (χ0v) is 25.8. The fraction of sp³-hybridized carbons (Fsp3) is 0.290. The predicted molar refractivity (Wildman–Crippen MR) is 167 cm³/mol. The average molecular weight is 656 g/mol. The van der Waals surface area contributed by atoms with Crippen molar-refractivity contribution in [3.8, 4) is 11.5 Å². The molecular weight excluding hydrogens is 620 g/mol. The lowest BCUT2D eigenvalue weighted by atomic mass is 10.1. The summed E-state index contributed by atoms with van der Waals surface area (Å²) >= 11 is 3.44. The smallest absolute Gasteiger partial charge is 0.323 e. The second kappa shape index (κ2) is 16.2. The molecule has 3 rings (SSSR count). The Bertz CT molecular complexity index is 1460. The number of amides is 4. The Hall–Kier alpha value is -4.58. The van der Waals surface area contributed by atoms with Crippen LogP contribution in [-0.4, -0.2) is 67.7 Å². The number of carboxylic acid groups (broad SMARTS) is 1. The lowest BCUT2D eigenvalue weighted by Crippen LogP contribution is -2.42. The number of carbonyl (C=O) groups excluding carboxylic acids is 3. The van der Waals surface area contributed by atoms with Crippen LogP contribution in [0.4, 0.5) is 16.2 Å². The van der Waals surface area contributed by atoms with E-state index in [1.807, 2.05) is 37.3 Å². The fourth-order valence-electron chi connectivity index (χ4n) is 4.19. The van der Waals surface area contributed by atoms with Gasteiger partial charge in [0.05, 0.1) is 43.8 Å². The molecule has 4 N–H and O–H groups in total. The highest BCUT2D eigenvalue weighted by molar-refractivity contribution is 9.10. The van der Waals surface area contributed by atoms with Crippen molar-refractivity contribution in [2.45, 2.75) is 26.2 Å². The normalized spacial score (nSPS) is 10.4. The van der Waals surface area contributed by atoms with Gasteiger partial charge >= 0.3 is 12.0 Å². The van der Waals surface area contributed by atoms with Crippen LogP contribution in [0.3, 0.4) is 0 Å². The number of rotatable bonds is 14. The second-order valence-corrected chi connectivity index (χ2v) is 10.5. The number of benzene rings is 3. The summed E-state index contributed by atoms with van der Waals surface area (Å²) in [5.41, 5.74) is 3.56. The van der Waals surface area contributed by atoms with E-state index < -0.39 is 17.9 Å². The van der Waals surface area contributed by atoms with Gasteiger partial charge in [0.25, 0.3) is 0 Å². The first kappa shape index (κ1) is 32.9. The molecule has 11 nitrogen and oxygen atoms in total. The number of aryl methyl sites for hydroxylation is 1. The summed E-state index contributed by atoms with van der Waals surface area (Å²) < 4.78 is 11.4. The van der Waals surface area contributed by atoms with Crippen LogP contribution in [0, 0.1) is 6.92 Å². The SMILES string of the molecule is COc1ccc(CCN(CCC(=O)O)C(=O)CNC(=O)Cc2ccc(NC(=O)Nc3ccccc3C)c(OC)c2)cc1Br. The Labute approximate surface area is 258 Å². The van der Waals surface area contributed by atoms with E-state index in [2.05, 4.69) is 31.9 Å². The minimum atomic E-state index is -1.02. The summed E-state index contributed by atoms with van der Waals surface area (Å²) in [6.07, 6.45) is 0.245. The summed E-state index contributed by atoms with van der Waals surface area (Å²) in [7, 11) is 3.02. The molecule has 3 aromatic carbocycles. The van der Waals surface area contributed by atoms with Gasteiger partial charge in [-0.05, 0) is 76.3 Å². The van der Waals surface area contributed by atoms with Crippen molar-refractivity contribution in [1.29, 1.82) is 0 Å². The molecule has 0 heterocycles. The number of aliphatic carboxylic acids is 1. The number of ether oxygens (including phenoxy) is 2. The Balaban J connectivity index is 1.55. The first-order valence-corrected chi connectivity index (χ1v) is 14.3. The van der Waals surface area contributed by atoms with Gasteiger partial charge in [-0.1, -0.05) is 30.3 Å². The van der Waals surface area contributed by atoms with Gasteiger partial charge in [0.2, 0.25) is 11.8 Å². The molecule has 0 atom stereocenters. The van der Waals surface area contributed by atoms with Crippen molar-refractivity contribution in [3.63, 3.8) is 0 Å². The van der Waals surface area contributed by atoms with Gasteiger partial charge in [0.1, 0.15) is 11.5 Å². The molecule has 0 spiro atoms. The number of anilines is 2. The summed E-state index contributed by atoms with van der Waals surface area (Å²) in [6, 6.07) is 17.5. The minimum absolute atomic E-state index is 0.0183. The molecule has 43 heavy (non-hydrogen) atoms. The fourth-order valence-corrected chi connectivity index (χ4v) is 4.78. The number of nitrogens with one attached hydrogen (secondary N) is 3. The maximum atomic E-state index is 12.9. The van der Waals surface area contributed by atoms with Crippen LogP contribution in [0.25, 0.3) is 0 Å². The Morgan fingerprint density at radius 3 is 2.23 bits per heavy atom. The minimum Gasteiger partial charge on any atom is -0.496 e. The summed E-state index contributed by atoms with van der Waals surface area (Å²) in [5.74, 6) is -0.762. The van der Waals surface area contributed by atoms with Crippen LogP contribution in [0.2, 0.25) is 0 Å². The van der Waals surface area contributed by atoms with Crippen LogP contribution >= 0.6 is 15.9 Å². The maximum absolute atomic E-state index is 12.9. The molecule has 0 aromatic heterocycles. The number of hydrogen-bond acceptors (Lipinski definition) is 6. The number of carboxylic acids is 1. The molecule has 0 aliphatic heterocycles. The maximum Gasteiger partial charge on any atom is 0.323 e. The van der Waals surface area contributed by atoms with Gasteiger partial charge in [-0.2, -0.15) is 0 Å². The van der Waals surface area contributed by atoms with Crippen molar-refractivity contribution in [3.05, 3.63) is 81.8 Å². The lowest BCUT2D eigenvalue weighted by molar-refractivity contribution is -0.139. The number of carbonyl (C=O) groups is 4. The van der Waals surface area contributed by atoms with Gasteiger partial charge in [-0.25, -0.2) is 4.79 Å². The first-order valence-electron chi connectivity index (χ1n) is 13.5. The van der Waals surface area contributed by atoms with E-state index in [1.165, 1.54) is 12.0 Å². The summed E-state index contributed by atoms with van der Waals surface area (Å²) in [5, 5.41) is 17.3. The van der Waals surface area contributed by atoms with Crippen LogP contribution < -0.4 is 25.4 Å². The molecule has 12 heteroatoms. The third-order valence-electron chi connectivity index (χ3n) is 6.54. The quantitative estimate of drug-likeness (QED) is 0.198. The number of para-hydroxylation sites is 1. The number of nitrogens with zero attached hydrogens (tertiary/aromatic N) is 1. The lowest BCUT2D eigenvalue weighted by Gasteiger charge is -2.22. The molecule has 228 valence electrons. The van der Waals surface area contributed by atoms with Crippen molar-refractivity contribution in [1.82, 2.24) is 10.2 Å². The first-order chi connectivity index (χ1) is 20.6. The molecule has 0 aliphatic rings. The molecule has 0 unspecified atom stereocenters. The molecule has 0 saturated heterocycles. The monoisotopic (exact) mass is 654 g/mol. The Morgan fingerprint density at radius 2 is 1.56 bits per heavy atom. The van der Waals surface area contributed by atoms with E-state index in [0.717, 1.165) is 15.6 Å². The zero-order chi connectivity index (χ0) is 31.4. The largest absolute Gasteiger partial charge is 0.496 e. The molecule has 0 fully saturated rings. The second-order valence-electron chi connectivity index (χ2n) is 9.63. The summed E-state index contributed by atoms with van der Waals surface area (Å²) in [4.78, 5) is 50.7. The highest BCUT2D eigenvalue weighted by Crippen LogP contribution is 2.27. The number of halogens is 1. The van der Waals surface area contributed by atoms with Crippen LogP contribution in [-0.2, 0) is 27.2 Å². The summed E-state index contributed by atoms with van der Waals surface area (Å²) in [6.45, 7) is 1.91. The highest BCUT2D eigenvalue weighted by atomic mass is 79.9. The van der Waals surface area contributed by atoms with E-state index >= 15 is 0 Å². The van der Waals surface area contributed by atoms with E-state index in [1.54, 1.807) is 37.4 Å². The van der Waals surface area contributed by atoms with Crippen molar-refractivity contribution >= 4 is 51.1 Å². The van der Waals surface area contributed by atoms with Gasteiger partial charge in [0.15, 0.2) is 0 Å². The standard InChI is InChI=1S/C31H35BrN4O7/c1-20-6-4-5-7-24(20)34-31(41)35-25-10-8-22(17-27(25)43-3)18-28(37)33-19-29(38)36(15-13-30(39)40)14-12-21-9-11-26(42-2)23(32)16-21/h4-11,16-17H,12-15,18-19H2,1-3H3,(H,33,37)(H,39,40)(H2,34,35,41). The molecule has 4 amide bonds. The zero-order valence-electron chi connectivity index (χ0n) is 24.2. The van der Waals surface area contributed by atoms with Gasteiger partial charge in [0, 0.05) is 18.8 Å². The van der Waals surface area contributed by atoms with Crippen LogP contribution in [0.1, 0.15) is 23.1 Å². The molecule has 0 radical (unpaired) electrons. The van der Waals surface area contributed by atoms with Crippen LogP contribution in [0.5, 0.6) is 11.5 Å². The van der Waals surface area contributed by atoms with E-state index in [9.17, 15) is 19.2 Å². The Kier molecular flexibility index (Phi) is 12.4. The van der Waals surface area contributed by atoms with Crippen molar-refractivity contribution in [2.24, 2.45) is 0 Å². The molecule has 0 saturated carbocycles. The number of methoxy groups -OCH3 is 2. The van der Waals surface area contributed by atoms with Gasteiger partial charge in [-0.15, -0.1) is 0 Å². The van der Waals surface area contributed by atoms with Gasteiger partial charge in [-0.3, -0.25) is 14.4 Å². The third-order valence-corrected chi connectivity index (χ3v) is 7.16. The number of urea groups is 1. The molecule has 0 aliphatic carbocycles. The van der Waals surface area contributed by atoms with Crippen molar-refractivity contribution < 1.29 is 33.8 Å². The average Bonchev–Trinajstić information content (AvgIpc) is 2.97. The molecule has 0 bridgehead atoms. The number of hydrogen-bond donors (Lipinski definition) is 4. The topological polar surface area (TPSA) is 146 Å². The molecule has 3 aromatic rings. The van der Waals surface area contributed by atoms with Crippen molar-refractivity contribution in [2.75, 3.05) is 44.5 Å². The van der Waals surface area contributed by atoms with Gasteiger partial charge < -0.3 is 35.4 Å². The predicted octanol–water partition coefficient (Wildman–Crippen LogP) is 4.62.